The van der Waals surface area contributed by atoms with Crippen LogP contribution in [0.1, 0.15) is 27.7 Å². The summed E-state index contributed by atoms with van der Waals surface area (Å²) in [6.07, 6.45) is 0. The quantitative estimate of drug-likeness (QED) is 0.286. The third-order valence-corrected chi connectivity index (χ3v) is 166. The summed E-state index contributed by atoms with van der Waals surface area (Å²) in [5, 5.41) is 0. The minimum Gasteiger partial charge on any atom is -0.0717 e. The van der Waals surface area contributed by atoms with Gasteiger partial charge in [-0.2, -0.15) is 0 Å². The molecule has 0 unspecified atom stereocenters. The summed E-state index contributed by atoms with van der Waals surface area (Å²) >= 11 is 0. The normalized spacial score (nSPS) is 16.7. The van der Waals surface area contributed by atoms with Gasteiger partial charge in [0.2, 0.25) is 0 Å². The molecule has 0 fully saturated rings. The summed E-state index contributed by atoms with van der Waals surface area (Å²) in [5.41, 5.74) is 2.01. The van der Waals surface area contributed by atoms with E-state index in [1.165, 1.54) is 0 Å². The summed E-state index contributed by atoms with van der Waals surface area (Å²) in [4.78, 5) is 0. The molecule has 0 aliphatic rings. The maximum absolute atomic E-state index is 2.95. The summed E-state index contributed by atoms with van der Waals surface area (Å²) in [5.74, 6) is 0. The molecule has 0 bridgehead atoms. The Morgan fingerprint density at radius 1 is 0.393 bits per heavy atom. The number of hydrogen-bond donors (Lipinski definition) is 0. The van der Waals surface area contributed by atoms with Gasteiger partial charge in [0.25, 0.3) is 0 Å². The fraction of sp³-hybridized carbons (Fsp3) is 1.00. The van der Waals surface area contributed by atoms with Gasteiger partial charge in [-0.3, -0.25) is 0 Å². The standard InChI is InChI=1S/C20H56Si8/c1-19(2)27(23(7,8)9,24(10,11)12)21(5)22(6)28(20(3)4,25(13,14)15)26(16,17)18/h19-20H,1-18H3/b22-21+. The molecule has 0 atom stereocenters. The van der Waals surface area contributed by atoms with Gasteiger partial charge in [-0.25, -0.2) is 0 Å². The van der Waals surface area contributed by atoms with Crippen molar-refractivity contribution >= 4 is 58.4 Å². The van der Waals surface area contributed by atoms with E-state index < -0.39 is 43.6 Å². The maximum atomic E-state index is 2.95. The zero-order chi connectivity index (χ0) is 23.3. The molecule has 0 heterocycles. The molecule has 0 rings (SSSR count). The molecule has 8 heteroatoms. The molecule has 168 valence electrons. The van der Waals surface area contributed by atoms with Crippen molar-refractivity contribution in [1.29, 1.82) is 0 Å². The molecule has 28 heavy (non-hydrogen) atoms. The van der Waals surface area contributed by atoms with Crippen molar-refractivity contribution in [2.24, 2.45) is 0 Å². The molecule has 0 nitrogen and oxygen atoms in total. The predicted octanol–water partition coefficient (Wildman–Crippen LogP) is 7.85. The lowest BCUT2D eigenvalue weighted by Crippen LogP contribution is -2.84. The maximum Gasteiger partial charge on any atom is 0.0504 e. The Bertz CT molecular complexity index is 497. The molecule has 0 aromatic carbocycles. The van der Waals surface area contributed by atoms with Crippen molar-refractivity contribution in [2.75, 3.05) is 0 Å². The summed E-state index contributed by atoms with van der Waals surface area (Å²) < 4.78 is 0. The second kappa shape index (κ2) is 8.94. The van der Waals surface area contributed by atoms with Gasteiger partial charge in [-0.05, 0) is 14.8 Å². The fourth-order valence-corrected chi connectivity index (χ4v) is 267. The van der Waals surface area contributed by atoms with Crippen molar-refractivity contribution in [2.45, 2.75) is 130 Å². The molecular formula is C20H56Si8. The zero-order valence-electron chi connectivity index (χ0n) is 23.2. The summed E-state index contributed by atoms with van der Waals surface area (Å²) in [7, 11) is -5.17. The van der Waals surface area contributed by atoms with Gasteiger partial charge in [-0.15, -0.1) is 0 Å². The fourth-order valence-electron chi connectivity index (χ4n) is 9.42. The lowest BCUT2D eigenvalue weighted by Gasteiger charge is -2.59. The lowest BCUT2D eigenvalue weighted by atomic mass is 10.6. The van der Waals surface area contributed by atoms with E-state index in [1.807, 2.05) is 0 Å². The largest absolute Gasteiger partial charge is 0.0717 e. The first-order valence-electron chi connectivity index (χ1n) is 11.6. The average Bonchev–Trinajstić information content (AvgIpc) is 2.30. The monoisotopic (exact) mass is 520 g/mol. The topological polar surface area (TPSA) is 0 Å². The van der Waals surface area contributed by atoms with Gasteiger partial charge >= 0.3 is 0 Å². The van der Waals surface area contributed by atoms with E-state index in [1.54, 1.807) is 0 Å². The lowest BCUT2D eigenvalue weighted by molar-refractivity contribution is 1.05. The Morgan fingerprint density at radius 2 is 0.536 bits per heavy atom. The van der Waals surface area contributed by atoms with Crippen LogP contribution in [-0.4, -0.2) is 58.4 Å². The van der Waals surface area contributed by atoms with Crippen LogP contribution in [-0.2, 0) is 0 Å². The second-order valence-electron chi connectivity index (χ2n) is 14.2. The Morgan fingerprint density at radius 3 is 0.607 bits per heavy atom. The third-order valence-electron chi connectivity index (χ3n) is 8.21. The van der Waals surface area contributed by atoms with Crippen LogP contribution in [0, 0.1) is 0 Å². The highest BCUT2D eigenvalue weighted by Gasteiger charge is 2.62. The summed E-state index contributed by atoms with van der Waals surface area (Å²) in [6, 6.07) is 0. The van der Waals surface area contributed by atoms with E-state index in [-0.39, 0.29) is 14.8 Å². The SMILES string of the molecule is CC(C)[Si](/[Si](C)=[Si](\C)[Si](C(C)C)([Si](C)(C)C)[Si](C)(C)C)([Si](C)(C)C)[Si](C)(C)C. The minimum absolute atomic E-state index is 0.249. The van der Waals surface area contributed by atoms with Crippen LogP contribution in [0.4, 0.5) is 0 Å². The van der Waals surface area contributed by atoms with Gasteiger partial charge in [0.15, 0.2) is 0 Å². The van der Waals surface area contributed by atoms with Crippen LogP contribution in [0.3, 0.4) is 0 Å². The molecule has 0 radical (unpaired) electrons. The molecular weight excluding hydrogens is 465 g/mol. The van der Waals surface area contributed by atoms with Crippen LogP contribution >= 0.6 is 0 Å². The van der Waals surface area contributed by atoms with Gasteiger partial charge in [0, 0.05) is 30.4 Å². The first-order valence-corrected chi connectivity index (χ1v) is 40.8. The molecule has 0 saturated heterocycles. The van der Waals surface area contributed by atoms with Crippen LogP contribution < -0.4 is 0 Å². The minimum atomic E-state index is -1.25. The zero-order valence-corrected chi connectivity index (χ0v) is 31.2. The number of rotatable bonds is 8. The van der Waals surface area contributed by atoms with Crippen LogP contribution in [0.5, 0.6) is 0 Å². The Hall–Kier alpha value is 1.74. The van der Waals surface area contributed by atoms with E-state index in [9.17, 15) is 0 Å². The number of hydrogen-bond acceptors (Lipinski definition) is 0. The molecule has 0 spiro atoms. The van der Waals surface area contributed by atoms with E-state index in [0.717, 1.165) is 11.1 Å². The highest BCUT2D eigenvalue weighted by atomic mass is 30.1. The molecule has 0 amide bonds. The molecule has 0 aromatic rings. The molecule has 0 saturated carbocycles. The summed E-state index contributed by atoms with van der Waals surface area (Å²) in [6.45, 7) is 47.8. The van der Waals surface area contributed by atoms with Gasteiger partial charge in [0.05, 0.1) is 13.3 Å². The van der Waals surface area contributed by atoms with E-state index >= 15 is 0 Å². The average molecular weight is 521 g/mol. The van der Waals surface area contributed by atoms with Crippen molar-refractivity contribution < 1.29 is 0 Å². The van der Waals surface area contributed by atoms with Crippen molar-refractivity contribution in [1.82, 2.24) is 0 Å². The molecule has 0 aliphatic heterocycles. The highest BCUT2D eigenvalue weighted by Crippen LogP contribution is 2.43. The van der Waals surface area contributed by atoms with Crippen LogP contribution in [0.15, 0.2) is 0 Å². The first-order chi connectivity index (χ1) is 12.0. The van der Waals surface area contributed by atoms with E-state index in [4.69, 9.17) is 0 Å². The van der Waals surface area contributed by atoms with Crippen LogP contribution in [0.25, 0.3) is 0 Å². The third kappa shape index (κ3) is 4.59. The van der Waals surface area contributed by atoms with Gasteiger partial charge in [0.1, 0.15) is 0 Å². The van der Waals surface area contributed by atoms with Crippen molar-refractivity contribution in [3.05, 3.63) is 0 Å². The van der Waals surface area contributed by atoms with E-state index in [0.29, 0.717) is 0 Å². The second-order valence-corrected chi connectivity index (χ2v) is 93.4. The Balaban J connectivity index is 7.69. The first kappa shape index (κ1) is 29.7. The molecule has 0 aliphatic carbocycles. The van der Waals surface area contributed by atoms with Crippen molar-refractivity contribution in [3.63, 3.8) is 0 Å². The van der Waals surface area contributed by atoms with Gasteiger partial charge < -0.3 is 0 Å². The smallest absolute Gasteiger partial charge is 0.0504 e. The van der Waals surface area contributed by atoms with Crippen molar-refractivity contribution in [3.8, 4) is 0 Å². The van der Waals surface area contributed by atoms with E-state index in [2.05, 4.69) is 119 Å². The van der Waals surface area contributed by atoms with Gasteiger partial charge in [-0.1, -0.05) is 130 Å². The van der Waals surface area contributed by atoms with Crippen LogP contribution in [0.2, 0.25) is 103 Å². The molecule has 0 aromatic heterocycles. The molecule has 0 N–H and O–H groups in total. The highest BCUT2D eigenvalue weighted by molar-refractivity contribution is 7.96. The Labute approximate surface area is 188 Å². The Kier molecular flexibility index (Phi) is 9.49. The predicted molar refractivity (Wildman–Crippen MR) is 158 cm³/mol.